The molecule has 0 aromatic heterocycles. The summed E-state index contributed by atoms with van der Waals surface area (Å²) < 4.78 is 0. The van der Waals surface area contributed by atoms with E-state index in [1.807, 2.05) is 6.07 Å². The van der Waals surface area contributed by atoms with Crippen LogP contribution in [0.3, 0.4) is 0 Å². The lowest BCUT2D eigenvalue weighted by Crippen LogP contribution is -2.30. The molecule has 1 aromatic rings. The van der Waals surface area contributed by atoms with Gasteiger partial charge in [-0.15, -0.1) is 0 Å². The van der Waals surface area contributed by atoms with Gasteiger partial charge in [0.05, 0.1) is 0 Å². The van der Waals surface area contributed by atoms with Gasteiger partial charge in [0.2, 0.25) is 0 Å². The smallest absolute Gasteiger partial charge is 0.0408 e. The van der Waals surface area contributed by atoms with Crippen LogP contribution in [0.2, 0.25) is 5.02 Å². The van der Waals surface area contributed by atoms with Gasteiger partial charge in [-0.3, -0.25) is 0 Å². The molecule has 2 rings (SSSR count). The van der Waals surface area contributed by atoms with Crippen LogP contribution in [0.1, 0.15) is 51.0 Å². The molecule has 1 unspecified atom stereocenters. The van der Waals surface area contributed by atoms with Gasteiger partial charge in [0.25, 0.3) is 0 Å². The Labute approximate surface area is 116 Å². The molecule has 18 heavy (non-hydrogen) atoms. The predicted octanol–water partition coefficient (Wildman–Crippen LogP) is 4.61. The first-order valence-electron chi connectivity index (χ1n) is 7.15. The van der Waals surface area contributed by atoms with Crippen molar-refractivity contribution in [3.63, 3.8) is 0 Å². The van der Waals surface area contributed by atoms with Gasteiger partial charge in [-0.1, -0.05) is 50.4 Å². The summed E-state index contributed by atoms with van der Waals surface area (Å²) in [4.78, 5) is 0. The Balaban J connectivity index is 2.12. The number of benzene rings is 1. The zero-order valence-electron chi connectivity index (χ0n) is 11.5. The fourth-order valence-corrected chi connectivity index (χ4v) is 3.22. The first-order valence-corrected chi connectivity index (χ1v) is 7.53. The van der Waals surface area contributed by atoms with Crippen molar-refractivity contribution in [2.45, 2.75) is 51.5 Å². The second kappa shape index (κ2) is 6.58. The van der Waals surface area contributed by atoms with Crippen molar-refractivity contribution in [3.05, 3.63) is 34.9 Å². The maximum Gasteiger partial charge on any atom is 0.0408 e. The first-order chi connectivity index (χ1) is 8.66. The SMILES string of the molecule is CC(C)NCC(c1cccc(Cl)c1)C1CCCC1. The van der Waals surface area contributed by atoms with Gasteiger partial charge in [0.15, 0.2) is 0 Å². The lowest BCUT2D eigenvalue weighted by atomic mass is 9.84. The normalized spacial score (nSPS) is 18.4. The first kappa shape index (κ1) is 13.9. The Morgan fingerprint density at radius 3 is 2.61 bits per heavy atom. The Morgan fingerprint density at radius 1 is 1.28 bits per heavy atom. The van der Waals surface area contributed by atoms with Crippen molar-refractivity contribution in [1.29, 1.82) is 0 Å². The van der Waals surface area contributed by atoms with Gasteiger partial charge in [-0.05, 0) is 42.4 Å². The third kappa shape index (κ3) is 3.73. The highest BCUT2D eigenvalue weighted by Gasteiger charge is 2.26. The minimum Gasteiger partial charge on any atom is -0.314 e. The molecule has 100 valence electrons. The summed E-state index contributed by atoms with van der Waals surface area (Å²) in [6.07, 6.45) is 5.53. The molecule has 0 spiro atoms. The van der Waals surface area contributed by atoms with Crippen LogP contribution in [0, 0.1) is 5.92 Å². The Bertz CT molecular complexity index is 369. The maximum atomic E-state index is 6.14. The van der Waals surface area contributed by atoms with Crippen LogP contribution in [-0.2, 0) is 0 Å². The standard InChI is InChI=1S/C16H24ClN/c1-12(2)18-11-16(13-6-3-4-7-13)14-8-5-9-15(17)10-14/h5,8-10,12-13,16,18H,3-4,6-7,11H2,1-2H3. The largest absolute Gasteiger partial charge is 0.314 e. The maximum absolute atomic E-state index is 6.14. The van der Waals surface area contributed by atoms with E-state index in [9.17, 15) is 0 Å². The second-order valence-electron chi connectivity index (χ2n) is 5.77. The zero-order chi connectivity index (χ0) is 13.0. The number of hydrogen-bond acceptors (Lipinski definition) is 1. The molecule has 0 aliphatic heterocycles. The number of hydrogen-bond donors (Lipinski definition) is 1. The van der Waals surface area contributed by atoms with Crippen LogP contribution >= 0.6 is 11.6 Å². The Hall–Kier alpha value is -0.530. The minimum absolute atomic E-state index is 0.549. The lowest BCUT2D eigenvalue weighted by Gasteiger charge is -2.25. The number of nitrogens with one attached hydrogen (secondary N) is 1. The van der Waals surface area contributed by atoms with Gasteiger partial charge in [-0.25, -0.2) is 0 Å². The van der Waals surface area contributed by atoms with Crippen molar-refractivity contribution in [2.75, 3.05) is 6.54 Å². The Kier molecular flexibility index (Phi) is 5.08. The van der Waals surface area contributed by atoms with Gasteiger partial charge in [0.1, 0.15) is 0 Å². The van der Waals surface area contributed by atoms with Gasteiger partial charge in [0, 0.05) is 17.6 Å². The molecule has 2 heteroatoms. The zero-order valence-corrected chi connectivity index (χ0v) is 12.2. The van der Waals surface area contributed by atoms with E-state index in [1.165, 1.54) is 31.2 Å². The monoisotopic (exact) mass is 265 g/mol. The molecule has 0 amide bonds. The molecular formula is C16H24ClN. The van der Waals surface area contributed by atoms with E-state index >= 15 is 0 Å². The highest BCUT2D eigenvalue weighted by atomic mass is 35.5. The van der Waals surface area contributed by atoms with Crippen LogP contribution < -0.4 is 5.32 Å². The van der Waals surface area contributed by atoms with E-state index in [1.54, 1.807) is 0 Å². The third-order valence-electron chi connectivity index (χ3n) is 3.99. The molecule has 1 atom stereocenters. The minimum atomic E-state index is 0.549. The molecule has 0 saturated heterocycles. The second-order valence-corrected chi connectivity index (χ2v) is 6.21. The van der Waals surface area contributed by atoms with Crippen LogP contribution in [-0.4, -0.2) is 12.6 Å². The van der Waals surface area contributed by atoms with Gasteiger partial charge < -0.3 is 5.32 Å². The van der Waals surface area contributed by atoms with Crippen LogP contribution in [0.5, 0.6) is 0 Å². The van der Waals surface area contributed by atoms with Crippen molar-refractivity contribution < 1.29 is 0 Å². The fourth-order valence-electron chi connectivity index (χ4n) is 3.02. The predicted molar refractivity (Wildman–Crippen MR) is 79.3 cm³/mol. The average Bonchev–Trinajstić information content (AvgIpc) is 2.83. The molecule has 1 saturated carbocycles. The molecule has 1 nitrogen and oxygen atoms in total. The van der Waals surface area contributed by atoms with E-state index in [4.69, 9.17) is 11.6 Å². The molecular weight excluding hydrogens is 242 g/mol. The van der Waals surface area contributed by atoms with Crippen molar-refractivity contribution in [1.82, 2.24) is 5.32 Å². The summed E-state index contributed by atoms with van der Waals surface area (Å²) in [7, 11) is 0. The summed E-state index contributed by atoms with van der Waals surface area (Å²) >= 11 is 6.14. The fraction of sp³-hybridized carbons (Fsp3) is 0.625. The summed E-state index contributed by atoms with van der Waals surface area (Å²) in [5, 5.41) is 4.46. The molecule has 0 bridgehead atoms. The Morgan fingerprint density at radius 2 is 2.00 bits per heavy atom. The molecule has 1 aliphatic carbocycles. The van der Waals surface area contributed by atoms with Crippen LogP contribution in [0.15, 0.2) is 24.3 Å². The van der Waals surface area contributed by atoms with Crippen LogP contribution in [0.25, 0.3) is 0 Å². The summed E-state index contributed by atoms with van der Waals surface area (Å²) in [6.45, 7) is 5.50. The van der Waals surface area contributed by atoms with Crippen molar-refractivity contribution in [3.8, 4) is 0 Å². The van der Waals surface area contributed by atoms with E-state index in [0.29, 0.717) is 12.0 Å². The van der Waals surface area contributed by atoms with E-state index in [0.717, 1.165) is 17.5 Å². The quantitative estimate of drug-likeness (QED) is 0.820. The molecule has 0 radical (unpaired) electrons. The summed E-state index contributed by atoms with van der Waals surface area (Å²) in [5.74, 6) is 1.45. The van der Waals surface area contributed by atoms with E-state index in [-0.39, 0.29) is 0 Å². The van der Waals surface area contributed by atoms with Crippen LogP contribution in [0.4, 0.5) is 0 Å². The lowest BCUT2D eigenvalue weighted by molar-refractivity contribution is 0.398. The van der Waals surface area contributed by atoms with Crippen molar-refractivity contribution in [2.24, 2.45) is 5.92 Å². The molecule has 0 heterocycles. The highest BCUT2D eigenvalue weighted by molar-refractivity contribution is 6.30. The molecule has 1 aliphatic rings. The van der Waals surface area contributed by atoms with Crippen molar-refractivity contribution >= 4 is 11.6 Å². The molecule has 1 aromatic carbocycles. The highest BCUT2D eigenvalue weighted by Crippen LogP contribution is 2.37. The number of rotatable bonds is 5. The third-order valence-corrected chi connectivity index (χ3v) is 4.23. The topological polar surface area (TPSA) is 12.0 Å². The summed E-state index contributed by atoms with van der Waals surface area (Å²) in [6, 6.07) is 8.97. The van der Waals surface area contributed by atoms with Gasteiger partial charge >= 0.3 is 0 Å². The van der Waals surface area contributed by atoms with Gasteiger partial charge in [-0.2, -0.15) is 0 Å². The van der Waals surface area contributed by atoms with E-state index in [2.05, 4.69) is 37.4 Å². The number of halogens is 1. The summed E-state index contributed by atoms with van der Waals surface area (Å²) in [5.41, 5.74) is 1.41. The molecule has 1 fully saturated rings. The van der Waals surface area contributed by atoms with E-state index < -0.39 is 0 Å². The average molecular weight is 266 g/mol. The molecule has 1 N–H and O–H groups in total.